The Balaban J connectivity index is 1.58. The second kappa shape index (κ2) is 10.1. The molecule has 0 atom stereocenters. The number of halogens is 5. The van der Waals surface area contributed by atoms with E-state index in [1.54, 1.807) is 12.1 Å². The van der Waals surface area contributed by atoms with Crippen molar-refractivity contribution < 1.29 is 22.0 Å². The number of allylic oxidation sites excluding steroid dienone is 2. The van der Waals surface area contributed by atoms with E-state index in [1.807, 2.05) is 37.3 Å². The van der Waals surface area contributed by atoms with Crippen LogP contribution in [0.25, 0.3) is 21.9 Å². The molecule has 5 heteroatoms. The largest absolute Gasteiger partial charge is 0.419 e. The van der Waals surface area contributed by atoms with E-state index in [1.165, 1.54) is 11.6 Å². The third-order valence-corrected chi connectivity index (χ3v) is 5.69. The van der Waals surface area contributed by atoms with Crippen LogP contribution in [-0.4, -0.2) is 0 Å². The lowest BCUT2D eigenvalue weighted by Gasteiger charge is -2.08. The molecule has 0 unspecified atom stereocenters. The van der Waals surface area contributed by atoms with Crippen molar-refractivity contribution >= 4 is 10.8 Å². The monoisotopic (exact) mass is 476 g/mol. The molecule has 0 heterocycles. The molecule has 4 rings (SSSR count). The van der Waals surface area contributed by atoms with Crippen molar-refractivity contribution in [2.24, 2.45) is 0 Å². The number of hydrogen-bond acceptors (Lipinski definition) is 0. The minimum absolute atomic E-state index is 0.0273. The van der Waals surface area contributed by atoms with Gasteiger partial charge in [0.05, 0.1) is 11.1 Å². The molecule has 0 aliphatic carbocycles. The minimum Gasteiger partial charge on any atom is -0.206 e. The molecule has 4 aromatic carbocycles. The number of benzene rings is 4. The van der Waals surface area contributed by atoms with E-state index in [9.17, 15) is 17.6 Å². The highest BCUT2D eigenvalue weighted by molar-refractivity contribution is 5.89. The molecule has 0 amide bonds. The minimum atomic E-state index is -4.78. The van der Waals surface area contributed by atoms with Crippen LogP contribution in [0.4, 0.5) is 22.0 Å². The van der Waals surface area contributed by atoms with E-state index >= 15 is 4.39 Å². The van der Waals surface area contributed by atoms with E-state index < -0.39 is 23.4 Å². The fourth-order valence-corrected chi connectivity index (χ4v) is 3.81. The SMILES string of the molecule is C/C=C/CCc1ccc(-c2ccc3c(F)c(C#Cc4ccc(C(F)(F)F)c(F)c4)ccc3c2)cc1. The Morgan fingerprint density at radius 3 is 2.23 bits per heavy atom. The van der Waals surface area contributed by atoms with Crippen LogP contribution in [0.5, 0.6) is 0 Å². The molecular weight excluding hydrogens is 455 g/mol. The van der Waals surface area contributed by atoms with Crippen molar-refractivity contribution in [3.8, 4) is 23.0 Å². The summed E-state index contributed by atoms with van der Waals surface area (Å²) >= 11 is 0. The third-order valence-electron chi connectivity index (χ3n) is 5.69. The summed E-state index contributed by atoms with van der Waals surface area (Å²) in [4.78, 5) is 0. The third kappa shape index (κ3) is 5.60. The first-order chi connectivity index (χ1) is 16.8. The van der Waals surface area contributed by atoms with Crippen LogP contribution in [0.2, 0.25) is 0 Å². The maximum Gasteiger partial charge on any atom is 0.419 e. The van der Waals surface area contributed by atoms with Crippen molar-refractivity contribution in [1.82, 2.24) is 0 Å². The van der Waals surface area contributed by atoms with Crippen molar-refractivity contribution in [2.75, 3.05) is 0 Å². The zero-order valence-corrected chi connectivity index (χ0v) is 18.9. The predicted octanol–water partition coefficient (Wildman–Crippen LogP) is 8.71. The summed E-state index contributed by atoms with van der Waals surface area (Å²) in [5, 5.41) is 1.07. The molecule has 0 N–H and O–H groups in total. The Morgan fingerprint density at radius 1 is 0.800 bits per heavy atom. The van der Waals surface area contributed by atoms with Crippen molar-refractivity contribution in [3.63, 3.8) is 0 Å². The lowest BCUT2D eigenvalue weighted by molar-refractivity contribution is -0.140. The van der Waals surface area contributed by atoms with Crippen LogP contribution in [0.3, 0.4) is 0 Å². The first kappa shape index (κ1) is 24.2. The summed E-state index contributed by atoms with van der Waals surface area (Å²) < 4.78 is 67.0. The zero-order valence-electron chi connectivity index (χ0n) is 18.9. The van der Waals surface area contributed by atoms with Gasteiger partial charge in [0.2, 0.25) is 0 Å². The molecule has 4 aromatic rings. The van der Waals surface area contributed by atoms with Gasteiger partial charge in [0.25, 0.3) is 0 Å². The van der Waals surface area contributed by atoms with E-state index in [4.69, 9.17) is 0 Å². The molecule has 176 valence electrons. The van der Waals surface area contributed by atoms with E-state index in [0.717, 1.165) is 30.0 Å². The van der Waals surface area contributed by atoms with Crippen LogP contribution in [0.15, 0.2) is 84.9 Å². The predicted molar refractivity (Wildman–Crippen MR) is 130 cm³/mol. The Hall–Kier alpha value is -3.91. The van der Waals surface area contributed by atoms with Gasteiger partial charge in [-0.05, 0) is 72.2 Å². The lowest BCUT2D eigenvalue weighted by atomic mass is 9.98. The first-order valence-electron chi connectivity index (χ1n) is 11.1. The van der Waals surface area contributed by atoms with E-state index in [0.29, 0.717) is 22.9 Å². The van der Waals surface area contributed by atoms with Gasteiger partial charge in [-0.3, -0.25) is 0 Å². The van der Waals surface area contributed by atoms with Crippen LogP contribution < -0.4 is 0 Å². The quantitative estimate of drug-likeness (QED) is 0.157. The molecule has 0 saturated carbocycles. The molecule has 0 nitrogen and oxygen atoms in total. The fraction of sp³-hybridized carbons (Fsp3) is 0.133. The van der Waals surface area contributed by atoms with Crippen molar-refractivity contribution in [3.05, 3.63) is 119 Å². The maximum atomic E-state index is 15.1. The summed E-state index contributed by atoms with van der Waals surface area (Å²) in [6.45, 7) is 2.00. The first-order valence-corrected chi connectivity index (χ1v) is 11.1. The Morgan fingerprint density at radius 2 is 1.54 bits per heavy atom. The highest BCUT2D eigenvalue weighted by Gasteiger charge is 2.33. The van der Waals surface area contributed by atoms with Gasteiger partial charge >= 0.3 is 6.18 Å². The van der Waals surface area contributed by atoms with Gasteiger partial charge in [-0.15, -0.1) is 0 Å². The van der Waals surface area contributed by atoms with Gasteiger partial charge in [-0.2, -0.15) is 13.2 Å². The van der Waals surface area contributed by atoms with Gasteiger partial charge in [0, 0.05) is 10.9 Å². The molecule has 0 aromatic heterocycles. The number of rotatable bonds is 4. The van der Waals surface area contributed by atoms with Gasteiger partial charge in [-0.25, -0.2) is 8.78 Å². The molecule has 0 aliphatic rings. The lowest BCUT2D eigenvalue weighted by Crippen LogP contribution is -2.07. The summed E-state index contributed by atoms with van der Waals surface area (Å²) in [6, 6.07) is 19.3. The van der Waals surface area contributed by atoms with Crippen molar-refractivity contribution in [2.45, 2.75) is 25.9 Å². The fourth-order valence-electron chi connectivity index (χ4n) is 3.81. The average molecular weight is 476 g/mol. The number of alkyl halides is 3. The molecular formula is C30H21F5. The Kier molecular flexibility index (Phi) is 7.02. The molecule has 0 radical (unpaired) electrons. The Labute approximate surface area is 200 Å². The molecule has 35 heavy (non-hydrogen) atoms. The van der Waals surface area contributed by atoms with Crippen LogP contribution in [0, 0.1) is 23.5 Å². The molecule has 0 saturated heterocycles. The smallest absolute Gasteiger partial charge is 0.206 e. The second-order valence-corrected chi connectivity index (χ2v) is 8.11. The van der Waals surface area contributed by atoms with Gasteiger partial charge in [0.15, 0.2) is 0 Å². The van der Waals surface area contributed by atoms with Crippen molar-refractivity contribution in [1.29, 1.82) is 0 Å². The van der Waals surface area contributed by atoms with Gasteiger partial charge in [-0.1, -0.05) is 66.5 Å². The molecule has 0 fully saturated rings. The molecule has 0 spiro atoms. The summed E-state index contributed by atoms with van der Waals surface area (Å²) in [5.41, 5.74) is 1.97. The normalized spacial score (nSPS) is 11.6. The number of hydrogen-bond donors (Lipinski definition) is 0. The van der Waals surface area contributed by atoms with Gasteiger partial charge in [0.1, 0.15) is 11.6 Å². The zero-order chi connectivity index (χ0) is 25.0. The van der Waals surface area contributed by atoms with Crippen LogP contribution in [-0.2, 0) is 12.6 Å². The van der Waals surface area contributed by atoms with Crippen LogP contribution in [0.1, 0.15) is 35.6 Å². The summed E-state index contributed by atoms with van der Waals surface area (Å²) in [5.74, 6) is 3.20. The number of fused-ring (bicyclic) bond motifs is 1. The molecule has 0 aliphatic heterocycles. The molecule has 0 bridgehead atoms. The standard InChI is InChI=1S/C30H21F5/c1-2-3-4-5-20-6-10-22(11-7-20)24-15-16-26-25(19-24)14-13-23(29(26)32)12-8-21-9-17-27(28(31)18-21)30(33,34)35/h2-3,6-7,9-11,13-19H,4-5H2,1H3/b3-2+. The highest BCUT2D eigenvalue weighted by atomic mass is 19.4. The van der Waals surface area contributed by atoms with E-state index in [2.05, 4.69) is 30.0 Å². The highest BCUT2D eigenvalue weighted by Crippen LogP contribution is 2.32. The summed E-state index contributed by atoms with van der Waals surface area (Å²) in [7, 11) is 0. The topological polar surface area (TPSA) is 0 Å². The summed E-state index contributed by atoms with van der Waals surface area (Å²) in [6.07, 6.45) is 1.34. The maximum absolute atomic E-state index is 15.1. The number of aryl methyl sites for hydroxylation is 1. The Bertz CT molecular complexity index is 1450. The second-order valence-electron chi connectivity index (χ2n) is 8.11. The van der Waals surface area contributed by atoms with E-state index in [-0.39, 0.29) is 11.1 Å². The average Bonchev–Trinajstić information content (AvgIpc) is 2.83. The van der Waals surface area contributed by atoms with Gasteiger partial charge < -0.3 is 0 Å². The van der Waals surface area contributed by atoms with Crippen LogP contribution >= 0.6 is 0 Å².